The molecule has 5 nitrogen and oxygen atoms in total. The number of rotatable bonds is 10. The van der Waals surface area contributed by atoms with Crippen molar-refractivity contribution in [3.05, 3.63) is 77.0 Å². The number of nitrogens with zero attached hydrogens (tertiary/aromatic N) is 1. The number of anilines is 1. The van der Waals surface area contributed by atoms with Crippen LogP contribution in [-0.4, -0.2) is 45.5 Å². The molecule has 1 spiro atoms. The van der Waals surface area contributed by atoms with Crippen molar-refractivity contribution in [2.75, 3.05) is 25.6 Å². The molecule has 1 N–H and O–H groups in total. The number of ether oxygens (including phenoxy) is 1. The highest BCUT2D eigenvalue weighted by Crippen LogP contribution is 2.61. The van der Waals surface area contributed by atoms with Crippen LogP contribution in [0.25, 0.3) is 0 Å². The van der Waals surface area contributed by atoms with Crippen molar-refractivity contribution in [3.8, 4) is 0 Å². The molecule has 228 valence electrons. The van der Waals surface area contributed by atoms with Gasteiger partial charge < -0.3 is 14.5 Å². The minimum absolute atomic E-state index is 0.0483. The van der Waals surface area contributed by atoms with Crippen LogP contribution in [0.5, 0.6) is 0 Å². The number of hydrogen-bond acceptors (Lipinski definition) is 5. The van der Waals surface area contributed by atoms with Gasteiger partial charge in [0.25, 0.3) is 0 Å². The maximum Gasteiger partial charge on any atom is 0.335 e. The number of carbonyl (C=O) groups excluding carboxylic acids is 1. The third-order valence-corrected chi connectivity index (χ3v) is 15.9. The Morgan fingerprint density at radius 1 is 1.05 bits per heavy atom. The number of likely N-dealkylation sites (tertiary alicyclic amines) is 1. The Labute approximate surface area is 255 Å². The summed E-state index contributed by atoms with van der Waals surface area (Å²) < 4.78 is 12.4. The number of carbonyl (C=O) groups is 1. The Morgan fingerprint density at radius 2 is 1.71 bits per heavy atom. The fraction of sp³-hybridized carbons (Fsp3) is 0.583. The van der Waals surface area contributed by atoms with E-state index in [0.29, 0.717) is 5.92 Å². The van der Waals surface area contributed by atoms with Gasteiger partial charge in [0, 0.05) is 37.1 Å². The maximum atomic E-state index is 13.5. The van der Waals surface area contributed by atoms with Gasteiger partial charge in [-0.15, -0.1) is 0 Å². The van der Waals surface area contributed by atoms with Crippen molar-refractivity contribution in [2.45, 2.75) is 103 Å². The van der Waals surface area contributed by atoms with Gasteiger partial charge in [0.15, 0.2) is 8.32 Å². The van der Waals surface area contributed by atoms with Crippen molar-refractivity contribution >= 4 is 20.0 Å². The van der Waals surface area contributed by atoms with E-state index in [1.807, 2.05) is 0 Å². The first-order chi connectivity index (χ1) is 19.9. The molecule has 0 amide bonds. The summed E-state index contributed by atoms with van der Waals surface area (Å²) in [6, 6.07) is 19.9. The molecule has 2 aromatic rings. The van der Waals surface area contributed by atoms with E-state index in [2.05, 4.69) is 113 Å². The van der Waals surface area contributed by atoms with E-state index in [9.17, 15) is 4.79 Å². The zero-order valence-corrected chi connectivity index (χ0v) is 28.2. The number of benzene rings is 2. The van der Waals surface area contributed by atoms with E-state index in [1.165, 1.54) is 18.2 Å². The average molecular weight is 589 g/mol. The van der Waals surface area contributed by atoms with Crippen molar-refractivity contribution < 1.29 is 14.0 Å². The van der Waals surface area contributed by atoms with Gasteiger partial charge in [0.2, 0.25) is 0 Å². The van der Waals surface area contributed by atoms with Crippen molar-refractivity contribution in [3.63, 3.8) is 0 Å². The lowest BCUT2D eigenvalue weighted by atomic mass is 9.60. The van der Waals surface area contributed by atoms with Crippen LogP contribution in [0.4, 0.5) is 5.69 Å². The molecule has 42 heavy (non-hydrogen) atoms. The molecule has 0 saturated carbocycles. The molecule has 5 rings (SSSR count). The Balaban J connectivity index is 1.59. The molecule has 3 aliphatic rings. The summed E-state index contributed by atoms with van der Waals surface area (Å²) in [6.45, 7) is 19.1. The van der Waals surface area contributed by atoms with Gasteiger partial charge in [-0.1, -0.05) is 83.1 Å². The van der Waals surface area contributed by atoms with Crippen LogP contribution in [0.2, 0.25) is 18.1 Å². The van der Waals surface area contributed by atoms with Crippen LogP contribution >= 0.6 is 0 Å². The molecule has 0 bridgehead atoms. The monoisotopic (exact) mass is 588 g/mol. The molecule has 0 unspecified atom stereocenters. The van der Waals surface area contributed by atoms with Crippen LogP contribution in [-0.2, 0) is 25.9 Å². The quantitative estimate of drug-likeness (QED) is 0.224. The average Bonchev–Trinajstić information content (AvgIpc) is 3.52. The summed E-state index contributed by atoms with van der Waals surface area (Å²) in [5, 5.41) is 3.92. The number of nitrogens with one attached hydrogen (secondary N) is 1. The molecule has 0 radical (unpaired) electrons. The van der Waals surface area contributed by atoms with Crippen LogP contribution in [0.15, 0.2) is 65.9 Å². The van der Waals surface area contributed by atoms with E-state index in [0.717, 1.165) is 68.8 Å². The normalized spacial score (nSPS) is 24.2. The Hall–Kier alpha value is -2.41. The Morgan fingerprint density at radius 3 is 2.36 bits per heavy atom. The molecule has 6 heteroatoms. The largest absolute Gasteiger partial charge is 0.466 e. The molecule has 1 aliphatic carbocycles. The van der Waals surface area contributed by atoms with Gasteiger partial charge in [-0.2, -0.15) is 0 Å². The molecular weight excluding hydrogens is 536 g/mol. The van der Waals surface area contributed by atoms with E-state index < -0.39 is 8.32 Å². The van der Waals surface area contributed by atoms with Gasteiger partial charge in [-0.05, 0) is 78.8 Å². The van der Waals surface area contributed by atoms with E-state index in [1.54, 1.807) is 0 Å². The molecular formula is C36H52N2O3Si. The molecule has 1 saturated heterocycles. The zero-order chi connectivity index (χ0) is 30.3. The number of hydrogen-bond donors (Lipinski definition) is 1. The minimum Gasteiger partial charge on any atom is -0.466 e. The molecule has 2 aromatic carbocycles. The smallest absolute Gasteiger partial charge is 0.335 e. The highest BCUT2D eigenvalue weighted by atomic mass is 28.4. The third kappa shape index (κ3) is 5.28. The Kier molecular flexibility index (Phi) is 8.56. The predicted octanol–water partition coefficient (Wildman–Crippen LogP) is 8.29. The summed E-state index contributed by atoms with van der Waals surface area (Å²) >= 11 is 0. The molecule has 2 heterocycles. The fourth-order valence-corrected chi connectivity index (χ4v) is 8.86. The number of esters is 1. The first-order valence-electron chi connectivity index (χ1n) is 16.0. The van der Waals surface area contributed by atoms with Gasteiger partial charge in [-0.25, -0.2) is 4.79 Å². The second kappa shape index (κ2) is 11.6. The van der Waals surface area contributed by atoms with Crippen molar-refractivity contribution in [1.82, 2.24) is 4.90 Å². The second-order valence-corrected chi connectivity index (χ2v) is 19.4. The lowest BCUT2D eigenvalue weighted by molar-refractivity contribution is -0.136. The highest BCUT2D eigenvalue weighted by molar-refractivity contribution is 6.74. The van der Waals surface area contributed by atoms with Crippen LogP contribution in [0.1, 0.15) is 77.8 Å². The summed E-state index contributed by atoms with van der Waals surface area (Å²) in [5.41, 5.74) is 5.54. The summed E-state index contributed by atoms with van der Waals surface area (Å²) in [5.74, 6) is 0.107. The van der Waals surface area contributed by atoms with Crippen molar-refractivity contribution in [2.24, 2.45) is 11.3 Å². The first-order valence-corrected chi connectivity index (χ1v) is 18.9. The third-order valence-electron chi connectivity index (χ3n) is 11.4. The zero-order valence-electron chi connectivity index (χ0n) is 27.2. The van der Waals surface area contributed by atoms with Gasteiger partial charge in [-0.3, -0.25) is 4.90 Å². The van der Waals surface area contributed by atoms with Crippen LogP contribution < -0.4 is 5.32 Å². The molecule has 3 atom stereocenters. The van der Waals surface area contributed by atoms with Gasteiger partial charge >= 0.3 is 5.97 Å². The lowest BCUT2D eigenvalue weighted by Crippen LogP contribution is -2.53. The molecule has 1 fully saturated rings. The van der Waals surface area contributed by atoms with Gasteiger partial charge in [0.05, 0.1) is 18.1 Å². The maximum absolute atomic E-state index is 13.5. The van der Waals surface area contributed by atoms with E-state index in [4.69, 9.17) is 9.16 Å². The van der Waals surface area contributed by atoms with E-state index >= 15 is 0 Å². The summed E-state index contributed by atoms with van der Waals surface area (Å²) in [7, 11) is -0.390. The summed E-state index contributed by atoms with van der Waals surface area (Å²) in [6.07, 6.45) is 4.87. The van der Waals surface area contributed by atoms with Crippen LogP contribution in [0, 0.1) is 11.3 Å². The minimum atomic E-state index is -1.92. The fourth-order valence-electron chi connectivity index (χ4n) is 7.76. The standard InChI is InChI=1S/C36H52N2O3Si/c1-9-35(10-2,25-41-42(7,8)34(3,4)5)23-27-22-28(33(39)40-6)31-36(29-18-14-15-19-30(29)37-31)20-21-38(32(27)36)24-26-16-12-11-13-17-26/h11-19,27,32,37H,9-10,20-25H2,1-8H3/t27-,32-,36-/m1/s1. The lowest BCUT2D eigenvalue weighted by Gasteiger charge is -2.49. The summed E-state index contributed by atoms with van der Waals surface area (Å²) in [4.78, 5) is 16.2. The molecule has 2 aliphatic heterocycles. The number of para-hydroxylation sites is 1. The SMILES string of the molecule is CCC(CC)(CO[Si](C)(C)C(C)(C)C)C[C@H]1CC(C(=O)OC)=C2Nc3ccccc3[C@]23CCN(Cc2ccccc2)[C@H]13. The second-order valence-electron chi connectivity index (χ2n) is 14.6. The van der Waals surface area contributed by atoms with Crippen molar-refractivity contribution in [1.29, 1.82) is 0 Å². The first kappa shape index (κ1) is 31.0. The predicted molar refractivity (Wildman–Crippen MR) is 175 cm³/mol. The number of fused-ring (bicyclic) bond motifs is 1. The van der Waals surface area contributed by atoms with Crippen LogP contribution in [0.3, 0.4) is 0 Å². The van der Waals surface area contributed by atoms with Gasteiger partial charge in [0.1, 0.15) is 0 Å². The van der Waals surface area contributed by atoms with E-state index in [-0.39, 0.29) is 27.9 Å². The number of methoxy groups -OCH3 is 1. The molecule has 0 aromatic heterocycles. The topological polar surface area (TPSA) is 50.8 Å². The highest BCUT2D eigenvalue weighted by Gasteiger charge is 2.61. The Bertz CT molecular complexity index is 1310.